The molecule has 9 nitrogen and oxygen atoms in total. The van der Waals surface area contributed by atoms with Crippen molar-refractivity contribution in [1.82, 2.24) is 29.6 Å². The minimum atomic E-state index is -1.00. The van der Waals surface area contributed by atoms with Crippen molar-refractivity contribution in [3.05, 3.63) is 53.1 Å². The molecule has 0 spiro atoms. The monoisotopic (exact) mass is 486 g/mol. The third-order valence-corrected chi connectivity index (χ3v) is 7.21. The highest BCUT2D eigenvalue weighted by Gasteiger charge is 2.25. The summed E-state index contributed by atoms with van der Waals surface area (Å²) in [6.45, 7) is 2.81. The lowest BCUT2D eigenvalue weighted by Crippen LogP contribution is -2.29. The van der Waals surface area contributed by atoms with Crippen LogP contribution in [0.4, 0.5) is 21.8 Å². The van der Waals surface area contributed by atoms with Crippen molar-refractivity contribution in [3.8, 4) is 11.3 Å². The first kappa shape index (κ1) is 22.4. The fraction of sp³-hybridized carbons (Fsp3) is 0.346. The molecule has 0 radical (unpaired) electrons. The van der Waals surface area contributed by atoms with Crippen LogP contribution in [0.15, 0.2) is 30.6 Å². The quantitative estimate of drug-likeness (QED) is 0.452. The highest BCUT2D eigenvalue weighted by molar-refractivity contribution is 5.95. The maximum absolute atomic E-state index is 14.7. The fourth-order valence-corrected chi connectivity index (χ4v) is 5.16. The van der Waals surface area contributed by atoms with Crippen LogP contribution in [0.1, 0.15) is 41.5 Å². The largest absolute Gasteiger partial charge is 0.383 e. The van der Waals surface area contributed by atoms with Gasteiger partial charge in [0, 0.05) is 66.4 Å². The van der Waals surface area contributed by atoms with E-state index in [-0.39, 0.29) is 12.5 Å². The molecule has 0 aromatic carbocycles. The van der Waals surface area contributed by atoms with E-state index in [0.29, 0.717) is 41.7 Å². The zero-order valence-corrected chi connectivity index (χ0v) is 20.3. The number of anilines is 3. The SMILES string of the molecule is Cc1c(-c2cc3cc(Nc4cc5n(n4)CC(=O)N(C)CC5)ncc3c(N)n2)cnc2c1[C@@H](F)CCC2. The Morgan fingerprint density at radius 2 is 2.00 bits per heavy atom. The highest BCUT2D eigenvalue weighted by atomic mass is 19.1. The second-order valence-electron chi connectivity index (χ2n) is 9.57. The van der Waals surface area contributed by atoms with Crippen LogP contribution in [-0.4, -0.2) is 49.1 Å². The zero-order chi connectivity index (χ0) is 25.0. The molecular weight excluding hydrogens is 459 g/mol. The molecule has 36 heavy (non-hydrogen) atoms. The van der Waals surface area contributed by atoms with E-state index >= 15 is 0 Å². The first-order valence-corrected chi connectivity index (χ1v) is 12.1. The minimum absolute atomic E-state index is 0.0359. The Morgan fingerprint density at radius 1 is 1.14 bits per heavy atom. The van der Waals surface area contributed by atoms with Gasteiger partial charge in [0.15, 0.2) is 5.82 Å². The Hall–Kier alpha value is -4.08. The lowest BCUT2D eigenvalue weighted by Gasteiger charge is -2.22. The highest BCUT2D eigenvalue weighted by Crippen LogP contribution is 2.38. The summed E-state index contributed by atoms with van der Waals surface area (Å²) in [5, 5.41) is 9.37. The second-order valence-corrected chi connectivity index (χ2v) is 9.57. The Bertz CT molecular complexity index is 1510. The number of pyridine rings is 3. The standard InChI is InChI=1S/C26H27FN8O/c1-14-17(11-29-20-5-3-4-19(27)25(14)20)21-8-15-9-22(30-12-18(15)26(28)31-21)32-23-10-16-6-7-34(2)24(36)13-35(16)33-23/h8-12,19H,3-7,13H2,1-2H3,(H2,28,31)(H,30,32,33)/t19-/m0/s1. The molecule has 6 rings (SSSR count). The number of carbonyl (C=O) groups is 1. The van der Waals surface area contributed by atoms with E-state index in [0.717, 1.165) is 52.5 Å². The molecule has 0 saturated heterocycles. The molecule has 4 aromatic rings. The minimum Gasteiger partial charge on any atom is -0.383 e. The van der Waals surface area contributed by atoms with E-state index in [2.05, 4.69) is 25.4 Å². The maximum Gasteiger partial charge on any atom is 0.244 e. The van der Waals surface area contributed by atoms with E-state index < -0.39 is 6.17 Å². The predicted molar refractivity (Wildman–Crippen MR) is 136 cm³/mol. The average molecular weight is 487 g/mol. The van der Waals surface area contributed by atoms with Crippen molar-refractivity contribution in [2.45, 2.75) is 45.3 Å². The van der Waals surface area contributed by atoms with Gasteiger partial charge in [0.25, 0.3) is 0 Å². The number of aromatic nitrogens is 5. The van der Waals surface area contributed by atoms with Crippen molar-refractivity contribution in [1.29, 1.82) is 0 Å². The topological polar surface area (TPSA) is 115 Å². The third-order valence-electron chi connectivity index (χ3n) is 7.21. The van der Waals surface area contributed by atoms with Gasteiger partial charge < -0.3 is 16.0 Å². The van der Waals surface area contributed by atoms with Crippen molar-refractivity contribution >= 4 is 34.1 Å². The van der Waals surface area contributed by atoms with Gasteiger partial charge in [0.05, 0.1) is 5.69 Å². The first-order valence-electron chi connectivity index (χ1n) is 12.1. The maximum atomic E-state index is 14.7. The molecule has 4 aromatic heterocycles. The third kappa shape index (κ3) is 3.82. The van der Waals surface area contributed by atoms with Crippen molar-refractivity contribution in [3.63, 3.8) is 0 Å². The van der Waals surface area contributed by atoms with Crippen molar-refractivity contribution < 1.29 is 9.18 Å². The summed E-state index contributed by atoms with van der Waals surface area (Å²) in [7, 11) is 1.80. The van der Waals surface area contributed by atoms with Crippen LogP contribution in [-0.2, 0) is 24.2 Å². The number of carbonyl (C=O) groups excluding carboxylic acids is 1. The van der Waals surface area contributed by atoms with Crippen LogP contribution in [0.25, 0.3) is 22.0 Å². The van der Waals surface area contributed by atoms with E-state index in [4.69, 9.17) is 5.73 Å². The van der Waals surface area contributed by atoms with Gasteiger partial charge in [-0.2, -0.15) is 5.10 Å². The number of nitrogens with one attached hydrogen (secondary N) is 1. The summed E-state index contributed by atoms with van der Waals surface area (Å²) in [6, 6.07) is 5.77. The lowest BCUT2D eigenvalue weighted by atomic mass is 9.88. The van der Waals surface area contributed by atoms with E-state index in [1.165, 1.54) is 0 Å². The van der Waals surface area contributed by atoms with E-state index in [1.807, 2.05) is 25.1 Å². The van der Waals surface area contributed by atoms with Crippen LogP contribution < -0.4 is 11.1 Å². The predicted octanol–water partition coefficient (Wildman–Crippen LogP) is 3.88. The molecule has 1 aliphatic carbocycles. The van der Waals surface area contributed by atoms with Gasteiger partial charge in [0.2, 0.25) is 5.91 Å². The number of alkyl halides is 1. The Balaban J connectivity index is 1.34. The fourth-order valence-electron chi connectivity index (χ4n) is 5.16. The number of aryl methyl sites for hydroxylation is 1. The summed E-state index contributed by atoms with van der Waals surface area (Å²) in [4.78, 5) is 27.5. The van der Waals surface area contributed by atoms with Crippen LogP contribution >= 0.6 is 0 Å². The number of nitrogen functional groups attached to an aromatic ring is 1. The van der Waals surface area contributed by atoms with Gasteiger partial charge >= 0.3 is 0 Å². The second kappa shape index (κ2) is 8.54. The number of amides is 1. The van der Waals surface area contributed by atoms with Crippen molar-refractivity contribution in [2.24, 2.45) is 0 Å². The molecule has 184 valence electrons. The van der Waals surface area contributed by atoms with Crippen LogP contribution in [0.5, 0.6) is 0 Å². The first-order chi connectivity index (χ1) is 17.4. The number of halogens is 1. The molecule has 10 heteroatoms. The molecule has 5 heterocycles. The Morgan fingerprint density at radius 3 is 2.86 bits per heavy atom. The molecule has 1 aliphatic heterocycles. The lowest BCUT2D eigenvalue weighted by molar-refractivity contribution is -0.130. The number of likely N-dealkylation sites (N-methyl/N-ethyl adjacent to an activating group) is 1. The molecule has 0 bridgehead atoms. The number of fused-ring (bicyclic) bond motifs is 3. The van der Waals surface area contributed by atoms with Gasteiger partial charge in [-0.25, -0.2) is 14.4 Å². The smallest absolute Gasteiger partial charge is 0.244 e. The molecule has 3 N–H and O–H groups in total. The van der Waals surface area contributed by atoms with Gasteiger partial charge in [0.1, 0.15) is 24.4 Å². The molecule has 0 fully saturated rings. The summed E-state index contributed by atoms with van der Waals surface area (Å²) in [6.07, 6.45) is 5.33. The summed E-state index contributed by atoms with van der Waals surface area (Å²) >= 11 is 0. The number of nitrogens with zero attached hydrogens (tertiary/aromatic N) is 6. The van der Waals surface area contributed by atoms with E-state index in [9.17, 15) is 9.18 Å². The molecule has 0 unspecified atom stereocenters. The summed E-state index contributed by atoms with van der Waals surface area (Å²) in [5.74, 6) is 1.61. The van der Waals surface area contributed by atoms with Gasteiger partial charge in [-0.3, -0.25) is 14.5 Å². The van der Waals surface area contributed by atoms with E-state index in [1.54, 1.807) is 29.0 Å². The summed E-state index contributed by atoms with van der Waals surface area (Å²) < 4.78 is 16.5. The molecule has 1 amide bonds. The zero-order valence-electron chi connectivity index (χ0n) is 20.3. The molecular formula is C26H27FN8O. The Kier molecular flexibility index (Phi) is 5.31. The van der Waals surface area contributed by atoms with Crippen LogP contribution in [0.3, 0.4) is 0 Å². The molecule has 1 atom stereocenters. The number of nitrogens with two attached hydrogens (primary N) is 1. The molecule has 2 aliphatic rings. The normalized spacial score (nSPS) is 17.6. The summed E-state index contributed by atoms with van der Waals surface area (Å²) in [5.41, 5.74) is 11.1. The van der Waals surface area contributed by atoms with Crippen LogP contribution in [0.2, 0.25) is 0 Å². The van der Waals surface area contributed by atoms with Gasteiger partial charge in [-0.05, 0) is 49.3 Å². The van der Waals surface area contributed by atoms with Gasteiger partial charge in [-0.15, -0.1) is 0 Å². The number of rotatable bonds is 3. The van der Waals surface area contributed by atoms with Crippen molar-refractivity contribution in [2.75, 3.05) is 24.6 Å². The Labute approximate surface area is 207 Å². The van der Waals surface area contributed by atoms with Crippen LogP contribution in [0, 0.1) is 6.92 Å². The number of hydrogen-bond donors (Lipinski definition) is 2. The van der Waals surface area contributed by atoms with Gasteiger partial charge in [-0.1, -0.05) is 0 Å². The average Bonchev–Trinajstić information content (AvgIpc) is 3.17. The number of hydrogen-bond acceptors (Lipinski definition) is 7. The molecule has 0 saturated carbocycles.